The molecular weight excluding hydrogens is 332 g/mol. The van der Waals surface area contributed by atoms with Gasteiger partial charge >= 0.3 is 0 Å². The molecule has 3 rings (SSSR count). The molecule has 1 saturated heterocycles. The Hall–Kier alpha value is -0.970. The minimum atomic E-state index is -2.89. The summed E-state index contributed by atoms with van der Waals surface area (Å²) in [5.74, 6) is 0.344. The van der Waals surface area contributed by atoms with E-state index in [1.165, 1.54) is 33.7 Å². The zero-order valence-electron chi connectivity index (χ0n) is 11.4. The van der Waals surface area contributed by atoms with Crippen molar-refractivity contribution in [3.63, 3.8) is 0 Å². The van der Waals surface area contributed by atoms with Gasteiger partial charge < -0.3 is 0 Å². The summed E-state index contributed by atoms with van der Waals surface area (Å²) in [7, 11) is -2.89. The van der Waals surface area contributed by atoms with Crippen LogP contribution in [0.15, 0.2) is 15.2 Å². The minimum Gasteiger partial charge on any atom is -0.295 e. The summed E-state index contributed by atoms with van der Waals surface area (Å²) in [6.07, 6.45) is 1.90. The first-order chi connectivity index (χ1) is 9.97. The van der Waals surface area contributed by atoms with Crippen molar-refractivity contribution in [2.24, 2.45) is 0 Å². The summed E-state index contributed by atoms with van der Waals surface area (Å²) in [6.45, 7) is 1.47. The standard InChI is InChI=1S/C11H14N4O3S3/c1-19-11-13-15-9(16)6-8(12-10(15)20-11)7-14-2-4-21(17,18)5-3-14/h6H,2-5,7H2,1H3. The van der Waals surface area contributed by atoms with Gasteiger partial charge in [-0.3, -0.25) is 9.69 Å². The van der Waals surface area contributed by atoms with Gasteiger partial charge in [-0.25, -0.2) is 13.4 Å². The Balaban J connectivity index is 1.83. The Morgan fingerprint density at radius 1 is 1.38 bits per heavy atom. The molecule has 114 valence electrons. The van der Waals surface area contributed by atoms with Crippen LogP contribution in [0.1, 0.15) is 5.69 Å². The first-order valence-electron chi connectivity index (χ1n) is 6.33. The minimum absolute atomic E-state index is 0.172. The molecule has 3 heterocycles. The number of hydrogen-bond acceptors (Lipinski definition) is 8. The number of thioether (sulfide) groups is 1. The van der Waals surface area contributed by atoms with Crippen LogP contribution < -0.4 is 5.56 Å². The Morgan fingerprint density at radius 2 is 2.10 bits per heavy atom. The lowest BCUT2D eigenvalue weighted by Gasteiger charge is -2.25. The van der Waals surface area contributed by atoms with E-state index in [1.54, 1.807) is 0 Å². The van der Waals surface area contributed by atoms with E-state index in [-0.39, 0.29) is 17.1 Å². The van der Waals surface area contributed by atoms with Gasteiger partial charge in [0.2, 0.25) is 4.96 Å². The number of aromatic nitrogens is 3. The molecule has 0 amide bonds. The molecule has 21 heavy (non-hydrogen) atoms. The van der Waals surface area contributed by atoms with E-state index in [0.29, 0.717) is 30.3 Å². The number of nitrogens with zero attached hydrogens (tertiary/aromatic N) is 4. The second-order valence-corrected chi connectivity index (χ2v) is 9.09. The number of sulfone groups is 1. The van der Waals surface area contributed by atoms with Crippen molar-refractivity contribution in [2.45, 2.75) is 10.9 Å². The highest BCUT2D eigenvalue weighted by Crippen LogP contribution is 2.20. The molecule has 0 radical (unpaired) electrons. The van der Waals surface area contributed by atoms with Crippen molar-refractivity contribution in [3.8, 4) is 0 Å². The maximum absolute atomic E-state index is 12.0. The predicted molar refractivity (Wildman–Crippen MR) is 82.8 cm³/mol. The fourth-order valence-corrected chi connectivity index (χ4v) is 4.80. The highest BCUT2D eigenvalue weighted by molar-refractivity contribution is 8.00. The monoisotopic (exact) mass is 346 g/mol. The quantitative estimate of drug-likeness (QED) is 0.729. The first-order valence-corrected chi connectivity index (χ1v) is 10.2. The molecule has 0 unspecified atom stereocenters. The topological polar surface area (TPSA) is 84.6 Å². The highest BCUT2D eigenvalue weighted by Gasteiger charge is 2.22. The van der Waals surface area contributed by atoms with E-state index in [0.717, 1.165) is 4.34 Å². The average molecular weight is 346 g/mol. The fraction of sp³-hybridized carbons (Fsp3) is 0.545. The molecule has 2 aromatic rings. The van der Waals surface area contributed by atoms with Crippen LogP contribution in [0, 0.1) is 0 Å². The van der Waals surface area contributed by atoms with Crippen LogP contribution >= 0.6 is 23.1 Å². The molecule has 0 N–H and O–H groups in total. The van der Waals surface area contributed by atoms with Crippen LogP contribution in [0.2, 0.25) is 0 Å². The number of fused-ring (bicyclic) bond motifs is 1. The zero-order chi connectivity index (χ0) is 15.0. The zero-order valence-corrected chi connectivity index (χ0v) is 13.8. The van der Waals surface area contributed by atoms with Crippen molar-refractivity contribution >= 4 is 37.9 Å². The Labute approximate surface area is 129 Å². The third-order valence-corrected chi connectivity index (χ3v) is 6.77. The van der Waals surface area contributed by atoms with E-state index in [9.17, 15) is 13.2 Å². The van der Waals surface area contributed by atoms with Crippen molar-refractivity contribution in [3.05, 3.63) is 22.1 Å². The van der Waals surface area contributed by atoms with E-state index in [4.69, 9.17) is 0 Å². The van der Waals surface area contributed by atoms with Gasteiger partial charge in [-0.1, -0.05) is 23.1 Å². The summed E-state index contributed by atoms with van der Waals surface area (Å²) in [6, 6.07) is 1.47. The molecule has 10 heteroatoms. The molecule has 2 aromatic heterocycles. The summed E-state index contributed by atoms with van der Waals surface area (Å²) in [4.78, 5) is 19.1. The van der Waals surface area contributed by atoms with E-state index >= 15 is 0 Å². The smallest absolute Gasteiger partial charge is 0.275 e. The SMILES string of the molecule is CSc1nn2c(=O)cc(CN3CCS(=O)(=O)CC3)nc2s1. The summed E-state index contributed by atoms with van der Waals surface area (Å²) in [5, 5.41) is 4.17. The van der Waals surface area contributed by atoms with Crippen LogP contribution in [0.25, 0.3) is 4.96 Å². The third kappa shape index (κ3) is 3.28. The summed E-state index contributed by atoms with van der Waals surface area (Å²) < 4.78 is 24.9. The second-order valence-electron chi connectivity index (χ2n) is 4.78. The van der Waals surface area contributed by atoms with Crippen LogP contribution in [0.4, 0.5) is 0 Å². The molecule has 0 saturated carbocycles. The summed E-state index contributed by atoms with van der Waals surface area (Å²) >= 11 is 2.85. The Bertz CT molecular complexity index is 813. The van der Waals surface area contributed by atoms with Gasteiger partial charge in [-0.05, 0) is 6.26 Å². The first kappa shape index (κ1) is 14.9. The second kappa shape index (κ2) is 5.67. The molecule has 0 aromatic carbocycles. The highest BCUT2D eigenvalue weighted by atomic mass is 32.2. The van der Waals surface area contributed by atoms with E-state index < -0.39 is 9.84 Å². The van der Waals surface area contributed by atoms with Crippen molar-refractivity contribution < 1.29 is 8.42 Å². The van der Waals surface area contributed by atoms with Gasteiger partial charge in [0.15, 0.2) is 14.2 Å². The molecular formula is C11H14N4O3S3. The molecule has 0 bridgehead atoms. The Morgan fingerprint density at radius 3 is 2.76 bits per heavy atom. The molecule has 0 aliphatic carbocycles. The van der Waals surface area contributed by atoms with Crippen molar-refractivity contribution in [1.29, 1.82) is 0 Å². The van der Waals surface area contributed by atoms with Gasteiger partial charge in [0, 0.05) is 25.7 Å². The average Bonchev–Trinajstić information content (AvgIpc) is 2.85. The van der Waals surface area contributed by atoms with Crippen molar-refractivity contribution in [1.82, 2.24) is 19.5 Å². The van der Waals surface area contributed by atoms with Gasteiger partial charge in [-0.15, -0.1) is 5.10 Å². The predicted octanol–water partition coefficient (Wildman–Crippen LogP) is 0.103. The number of hydrogen-bond donors (Lipinski definition) is 0. The molecule has 1 aliphatic rings. The lowest BCUT2D eigenvalue weighted by molar-refractivity contribution is 0.284. The van der Waals surface area contributed by atoms with Gasteiger partial charge in [0.05, 0.1) is 17.2 Å². The van der Waals surface area contributed by atoms with E-state index in [2.05, 4.69) is 10.1 Å². The number of rotatable bonds is 3. The van der Waals surface area contributed by atoms with Gasteiger partial charge in [0.1, 0.15) is 0 Å². The van der Waals surface area contributed by atoms with E-state index in [1.807, 2.05) is 11.2 Å². The third-order valence-electron chi connectivity index (χ3n) is 3.28. The maximum Gasteiger partial charge on any atom is 0.275 e. The lowest BCUT2D eigenvalue weighted by atomic mass is 10.3. The van der Waals surface area contributed by atoms with Gasteiger partial charge in [0.25, 0.3) is 5.56 Å². The maximum atomic E-state index is 12.0. The van der Waals surface area contributed by atoms with Crippen LogP contribution in [0.5, 0.6) is 0 Å². The molecule has 1 aliphatic heterocycles. The van der Waals surface area contributed by atoms with Crippen LogP contribution in [0.3, 0.4) is 0 Å². The molecule has 7 nitrogen and oxygen atoms in total. The Kier molecular flexibility index (Phi) is 4.04. The normalized spacial score (nSPS) is 19.1. The molecule has 0 atom stereocenters. The lowest BCUT2D eigenvalue weighted by Crippen LogP contribution is -2.40. The molecule has 0 spiro atoms. The summed E-state index contributed by atoms with van der Waals surface area (Å²) in [5.41, 5.74) is 0.465. The van der Waals surface area contributed by atoms with Crippen LogP contribution in [-0.4, -0.2) is 58.8 Å². The van der Waals surface area contributed by atoms with Crippen LogP contribution in [-0.2, 0) is 16.4 Å². The fourth-order valence-electron chi connectivity index (χ4n) is 2.14. The molecule has 1 fully saturated rings. The largest absolute Gasteiger partial charge is 0.295 e. The van der Waals surface area contributed by atoms with Gasteiger partial charge in [-0.2, -0.15) is 4.52 Å². The van der Waals surface area contributed by atoms with Crippen molar-refractivity contribution in [2.75, 3.05) is 30.9 Å².